The van der Waals surface area contributed by atoms with Gasteiger partial charge in [-0.3, -0.25) is 4.98 Å². The highest BCUT2D eigenvalue weighted by Gasteiger charge is 2.33. The van der Waals surface area contributed by atoms with Crippen LogP contribution in [0.15, 0.2) is 33.3 Å². The summed E-state index contributed by atoms with van der Waals surface area (Å²) in [5.41, 5.74) is 5.40. The van der Waals surface area contributed by atoms with Crippen LogP contribution in [0.25, 0.3) is 0 Å². The average molecular weight is 501 g/mol. The van der Waals surface area contributed by atoms with Gasteiger partial charge in [-0.2, -0.15) is 0 Å². The summed E-state index contributed by atoms with van der Waals surface area (Å²) in [7, 11) is 0. The van der Waals surface area contributed by atoms with Crippen molar-refractivity contribution in [3.8, 4) is 0 Å². The molecule has 0 spiro atoms. The Labute approximate surface area is 178 Å². The number of aryl methyl sites for hydroxylation is 1. The SMILES string of the molecule is CC.Clc1ccc2c(c1Br)CCc1cc(Br)cnc1C2C1CCNCC1. The Morgan fingerprint density at radius 1 is 1.12 bits per heavy atom. The van der Waals surface area contributed by atoms with E-state index < -0.39 is 0 Å². The van der Waals surface area contributed by atoms with Crippen LogP contribution in [0.5, 0.6) is 0 Å². The van der Waals surface area contributed by atoms with Gasteiger partial charge in [0.15, 0.2) is 0 Å². The molecule has 0 radical (unpaired) electrons. The fourth-order valence-electron chi connectivity index (χ4n) is 4.19. The maximum absolute atomic E-state index is 6.39. The molecule has 1 aromatic carbocycles. The Bertz CT molecular complexity index is 773. The lowest BCUT2D eigenvalue weighted by Gasteiger charge is -2.32. The zero-order chi connectivity index (χ0) is 18.7. The third-order valence-electron chi connectivity index (χ3n) is 5.33. The summed E-state index contributed by atoms with van der Waals surface area (Å²) in [4.78, 5) is 4.87. The van der Waals surface area contributed by atoms with Crippen LogP contribution in [0.1, 0.15) is 55.0 Å². The van der Waals surface area contributed by atoms with Crippen LogP contribution >= 0.6 is 43.5 Å². The van der Waals surface area contributed by atoms with Gasteiger partial charge in [-0.05, 0) is 105 Å². The lowest BCUT2D eigenvalue weighted by atomic mass is 9.77. The van der Waals surface area contributed by atoms with Crippen LogP contribution in [0, 0.1) is 5.92 Å². The number of rotatable bonds is 1. The Morgan fingerprint density at radius 3 is 2.58 bits per heavy atom. The van der Waals surface area contributed by atoms with Crippen LogP contribution in [-0.2, 0) is 12.8 Å². The van der Waals surface area contributed by atoms with Crippen molar-refractivity contribution >= 4 is 43.5 Å². The molecule has 140 valence electrons. The predicted molar refractivity (Wildman–Crippen MR) is 117 cm³/mol. The molecular formula is C21H25Br2ClN2. The van der Waals surface area contributed by atoms with E-state index in [0.29, 0.717) is 11.8 Å². The van der Waals surface area contributed by atoms with Crippen LogP contribution < -0.4 is 5.32 Å². The highest BCUT2D eigenvalue weighted by molar-refractivity contribution is 9.10. The van der Waals surface area contributed by atoms with Crippen molar-refractivity contribution in [2.75, 3.05) is 13.1 Å². The molecule has 2 nitrogen and oxygen atoms in total. The van der Waals surface area contributed by atoms with E-state index in [9.17, 15) is 0 Å². The summed E-state index contributed by atoms with van der Waals surface area (Å²) in [6.45, 7) is 6.19. The van der Waals surface area contributed by atoms with E-state index in [2.05, 4.69) is 49.3 Å². The zero-order valence-corrected chi connectivity index (χ0v) is 19.2. The van der Waals surface area contributed by atoms with Crippen molar-refractivity contribution in [2.24, 2.45) is 5.92 Å². The number of pyridine rings is 1. The molecule has 1 unspecified atom stereocenters. The highest BCUT2D eigenvalue weighted by atomic mass is 79.9. The van der Waals surface area contributed by atoms with Crippen molar-refractivity contribution < 1.29 is 0 Å². The number of hydrogen-bond donors (Lipinski definition) is 1. The molecule has 1 N–H and O–H groups in total. The zero-order valence-electron chi connectivity index (χ0n) is 15.3. The van der Waals surface area contributed by atoms with E-state index in [1.807, 2.05) is 26.1 Å². The van der Waals surface area contributed by atoms with Crippen molar-refractivity contribution in [3.05, 3.63) is 60.7 Å². The largest absolute Gasteiger partial charge is 0.317 e. The Morgan fingerprint density at radius 2 is 1.85 bits per heavy atom. The standard InChI is InChI=1S/C19H19Br2ClN2.C2H6/c20-13-9-12-1-2-15-14(3-4-16(22)18(15)21)17(19(12)24-10-13)11-5-7-23-8-6-11;1-2/h3-4,9-11,17,23H,1-2,5-8H2;1-2H3. The maximum atomic E-state index is 6.39. The number of nitrogens with one attached hydrogen (secondary N) is 1. The minimum absolute atomic E-state index is 0.362. The number of hydrogen-bond acceptors (Lipinski definition) is 2. The Hall–Kier alpha value is -0.420. The molecule has 1 fully saturated rings. The molecule has 1 aromatic heterocycles. The minimum Gasteiger partial charge on any atom is -0.317 e. The number of piperidine rings is 1. The fraction of sp³-hybridized carbons (Fsp3) is 0.476. The highest BCUT2D eigenvalue weighted by Crippen LogP contribution is 2.44. The predicted octanol–water partition coefficient (Wildman–Crippen LogP) is 6.52. The monoisotopic (exact) mass is 498 g/mol. The van der Waals surface area contributed by atoms with Gasteiger partial charge in [-0.15, -0.1) is 0 Å². The van der Waals surface area contributed by atoms with Gasteiger partial charge in [0, 0.05) is 21.1 Å². The van der Waals surface area contributed by atoms with E-state index in [0.717, 1.165) is 39.9 Å². The summed E-state index contributed by atoms with van der Waals surface area (Å²) >= 11 is 13.7. The number of nitrogens with zero attached hydrogens (tertiary/aromatic N) is 1. The lowest BCUT2D eigenvalue weighted by molar-refractivity contribution is 0.338. The molecule has 0 amide bonds. The van der Waals surface area contributed by atoms with E-state index in [4.69, 9.17) is 16.6 Å². The van der Waals surface area contributed by atoms with Crippen molar-refractivity contribution in [1.29, 1.82) is 0 Å². The first kappa shape index (κ1) is 20.3. The minimum atomic E-state index is 0.362. The number of halogens is 3. The molecule has 2 aromatic rings. The van der Waals surface area contributed by atoms with Crippen molar-refractivity contribution in [3.63, 3.8) is 0 Å². The first-order chi connectivity index (χ1) is 12.6. The van der Waals surface area contributed by atoms with Gasteiger partial charge in [0.05, 0.1) is 10.7 Å². The second kappa shape index (κ2) is 9.18. The van der Waals surface area contributed by atoms with Gasteiger partial charge in [0.1, 0.15) is 0 Å². The smallest absolute Gasteiger partial charge is 0.0551 e. The first-order valence-electron chi connectivity index (χ1n) is 9.47. The van der Waals surface area contributed by atoms with Crippen molar-refractivity contribution in [1.82, 2.24) is 10.3 Å². The van der Waals surface area contributed by atoms with Gasteiger partial charge < -0.3 is 5.32 Å². The van der Waals surface area contributed by atoms with Gasteiger partial charge in [-0.25, -0.2) is 0 Å². The summed E-state index contributed by atoms with van der Waals surface area (Å²) in [6, 6.07) is 6.51. The van der Waals surface area contributed by atoms with Crippen LogP contribution in [0.2, 0.25) is 5.02 Å². The van der Waals surface area contributed by atoms with E-state index in [-0.39, 0.29) is 0 Å². The quantitative estimate of drug-likeness (QED) is 0.482. The summed E-state index contributed by atoms with van der Waals surface area (Å²) in [5, 5.41) is 4.29. The topological polar surface area (TPSA) is 24.9 Å². The normalized spacial score (nSPS) is 19.7. The molecule has 2 aliphatic rings. The van der Waals surface area contributed by atoms with E-state index >= 15 is 0 Å². The first-order valence-corrected chi connectivity index (χ1v) is 11.4. The second-order valence-electron chi connectivity index (χ2n) is 6.69. The molecular weight excluding hydrogens is 476 g/mol. The molecule has 4 rings (SSSR count). The third-order valence-corrected chi connectivity index (χ3v) is 7.21. The van der Waals surface area contributed by atoms with Crippen LogP contribution in [0.3, 0.4) is 0 Å². The van der Waals surface area contributed by atoms with Gasteiger partial charge in [-0.1, -0.05) is 31.5 Å². The maximum Gasteiger partial charge on any atom is 0.0551 e. The summed E-state index contributed by atoms with van der Waals surface area (Å²) in [6.07, 6.45) is 6.35. The van der Waals surface area contributed by atoms with Gasteiger partial charge in [0.2, 0.25) is 0 Å². The van der Waals surface area contributed by atoms with E-state index in [1.165, 1.54) is 35.2 Å². The number of benzene rings is 1. The molecule has 1 saturated heterocycles. The molecule has 0 saturated carbocycles. The number of fused-ring (bicyclic) bond motifs is 2. The molecule has 0 bridgehead atoms. The van der Waals surface area contributed by atoms with Crippen LogP contribution in [0.4, 0.5) is 0 Å². The van der Waals surface area contributed by atoms with Crippen LogP contribution in [-0.4, -0.2) is 18.1 Å². The molecule has 5 heteroatoms. The lowest BCUT2D eigenvalue weighted by Crippen LogP contribution is -2.32. The average Bonchev–Trinajstić information content (AvgIpc) is 2.84. The van der Waals surface area contributed by atoms with Gasteiger partial charge >= 0.3 is 0 Å². The van der Waals surface area contributed by atoms with Crippen molar-refractivity contribution in [2.45, 2.75) is 45.4 Å². The molecule has 1 atom stereocenters. The second-order valence-corrected chi connectivity index (χ2v) is 8.81. The molecule has 1 aliphatic carbocycles. The molecule has 26 heavy (non-hydrogen) atoms. The molecule has 1 aliphatic heterocycles. The number of aromatic nitrogens is 1. The third kappa shape index (κ3) is 4.04. The molecule has 2 heterocycles. The summed E-state index contributed by atoms with van der Waals surface area (Å²) in [5.74, 6) is 0.991. The Balaban J connectivity index is 0.000000948. The van der Waals surface area contributed by atoms with E-state index in [1.54, 1.807) is 0 Å². The van der Waals surface area contributed by atoms with Gasteiger partial charge in [0.25, 0.3) is 0 Å². The fourth-order valence-corrected chi connectivity index (χ4v) is 5.30. The Kier molecular flexibility index (Phi) is 7.18. The summed E-state index contributed by atoms with van der Waals surface area (Å²) < 4.78 is 2.13.